The van der Waals surface area contributed by atoms with Crippen LogP contribution in [0, 0.1) is 19.3 Å². The zero-order valence-electron chi connectivity index (χ0n) is 21.4. The van der Waals surface area contributed by atoms with Gasteiger partial charge in [0.05, 0.1) is 17.8 Å². The second kappa shape index (κ2) is 9.97. The van der Waals surface area contributed by atoms with E-state index in [9.17, 15) is 18.3 Å². The van der Waals surface area contributed by atoms with Crippen LogP contribution >= 0.6 is 0 Å². The van der Waals surface area contributed by atoms with Crippen molar-refractivity contribution in [1.29, 1.82) is 0 Å². The molecule has 3 aliphatic rings. The van der Waals surface area contributed by atoms with Crippen molar-refractivity contribution in [3.8, 4) is 5.75 Å². The summed E-state index contributed by atoms with van der Waals surface area (Å²) in [6, 6.07) is 3.82. The first-order valence-corrected chi connectivity index (χ1v) is 14.1. The Kier molecular flexibility index (Phi) is 7.51. The van der Waals surface area contributed by atoms with Crippen LogP contribution in [0.25, 0.3) is 0 Å². The van der Waals surface area contributed by atoms with E-state index in [2.05, 4.69) is 24.1 Å². The minimum Gasteiger partial charge on any atom is -0.497 e. The predicted molar refractivity (Wildman–Crippen MR) is 132 cm³/mol. The van der Waals surface area contributed by atoms with Gasteiger partial charge in [-0.2, -0.15) is 5.06 Å². The highest BCUT2D eigenvalue weighted by Gasteiger charge is 2.50. The number of rotatable bonds is 7. The molecule has 35 heavy (non-hydrogen) atoms. The van der Waals surface area contributed by atoms with E-state index in [1.165, 1.54) is 12.8 Å². The Morgan fingerprint density at radius 1 is 1.20 bits per heavy atom. The number of nitrogens with one attached hydrogen (secondary N) is 1. The number of nitrogens with zero attached hydrogens (tertiary/aromatic N) is 2. The molecule has 1 aromatic carbocycles. The smallest absolute Gasteiger partial charge is 0.350 e. The van der Waals surface area contributed by atoms with Crippen LogP contribution in [0.2, 0.25) is 0 Å². The van der Waals surface area contributed by atoms with Crippen molar-refractivity contribution < 1.29 is 27.9 Å². The van der Waals surface area contributed by atoms with Crippen LogP contribution in [0.5, 0.6) is 5.75 Å². The molecular formula is C25H39N3O6S. The van der Waals surface area contributed by atoms with Gasteiger partial charge in [-0.05, 0) is 87.7 Å². The molecule has 0 bridgehead atoms. The fraction of sp³-hybridized carbons (Fsp3) is 0.720. The molecule has 2 N–H and O–H groups in total. The van der Waals surface area contributed by atoms with Crippen molar-refractivity contribution in [3.05, 3.63) is 23.3 Å². The summed E-state index contributed by atoms with van der Waals surface area (Å²) in [7, 11) is -2.20. The summed E-state index contributed by atoms with van der Waals surface area (Å²) in [6.45, 7) is 10.1. The Morgan fingerprint density at radius 3 is 2.37 bits per heavy atom. The van der Waals surface area contributed by atoms with Crippen LogP contribution in [-0.2, 0) is 19.5 Å². The Balaban J connectivity index is 1.58. The molecule has 0 aromatic heterocycles. The normalized spacial score (nSPS) is 30.0. The van der Waals surface area contributed by atoms with Gasteiger partial charge < -0.3 is 14.7 Å². The lowest BCUT2D eigenvalue weighted by molar-refractivity contribution is -0.222. The number of benzene rings is 1. The first kappa shape index (κ1) is 26.3. The fourth-order valence-corrected chi connectivity index (χ4v) is 8.21. The lowest BCUT2D eigenvalue weighted by Gasteiger charge is -2.48. The van der Waals surface area contributed by atoms with Crippen LogP contribution in [0.3, 0.4) is 0 Å². The number of carboxylic acid groups (broad SMARTS) is 1. The van der Waals surface area contributed by atoms with Crippen LogP contribution < -0.4 is 10.1 Å². The molecule has 1 aliphatic carbocycles. The van der Waals surface area contributed by atoms with Gasteiger partial charge in [0.15, 0.2) is 9.84 Å². The molecule has 0 amide bonds. The molecule has 1 saturated carbocycles. The summed E-state index contributed by atoms with van der Waals surface area (Å²) >= 11 is 0. The lowest BCUT2D eigenvalue weighted by Crippen LogP contribution is -2.56. The number of methoxy groups -OCH3 is 1. The second-order valence-corrected chi connectivity index (χ2v) is 12.9. The van der Waals surface area contributed by atoms with Crippen LogP contribution in [0.1, 0.15) is 57.1 Å². The molecule has 9 nitrogen and oxygen atoms in total. The maximum Gasteiger partial charge on any atom is 0.350 e. The van der Waals surface area contributed by atoms with E-state index in [0.29, 0.717) is 22.9 Å². The average molecular weight is 510 g/mol. The summed E-state index contributed by atoms with van der Waals surface area (Å²) in [5.41, 5.74) is 1.04. The maximum absolute atomic E-state index is 13.6. The number of aliphatic carboxylic acids is 1. The summed E-state index contributed by atoms with van der Waals surface area (Å²) in [5.74, 6) is -0.840. The number of hydrogen-bond donors (Lipinski definition) is 2. The first-order valence-electron chi connectivity index (χ1n) is 12.5. The van der Waals surface area contributed by atoms with Gasteiger partial charge in [-0.15, -0.1) is 0 Å². The summed E-state index contributed by atoms with van der Waals surface area (Å²) < 4.78 is 32.5. The molecule has 0 radical (unpaired) electrons. The van der Waals surface area contributed by atoms with Crippen LogP contribution in [0.15, 0.2) is 17.0 Å². The largest absolute Gasteiger partial charge is 0.497 e. The van der Waals surface area contributed by atoms with Gasteiger partial charge in [0.25, 0.3) is 0 Å². The third-order valence-corrected chi connectivity index (χ3v) is 9.88. The molecule has 2 aliphatic heterocycles. The van der Waals surface area contributed by atoms with Crippen LogP contribution in [0.4, 0.5) is 0 Å². The van der Waals surface area contributed by atoms with E-state index in [1.54, 1.807) is 38.2 Å². The molecule has 10 heteroatoms. The van der Waals surface area contributed by atoms with Crippen molar-refractivity contribution >= 4 is 15.8 Å². The van der Waals surface area contributed by atoms with Gasteiger partial charge in [0.2, 0.25) is 6.23 Å². The number of hydrogen-bond acceptors (Lipinski definition) is 8. The Hall–Kier alpha value is -1.72. The highest BCUT2D eigenvalue weighted by Crippen LogP contribution is 2.43. The number of sulfone groups is 1. The number of likely N-dealkylation sites (tertiary alicyclic amines) is 1. The molecule has 1 aromatic rings. The number of aryl methyl sites for hydroxylation is 2. The van der Waals surface area contributed by atoms with Gasteiger partial charge in [0.1, 0.15) is 11.9 Å². The molecule has 3 fully saturated rings. The van der Waals surface area contributed by atoms with Crippen LogP contribution in [-0.4, -0.2) is 79.9 Å². The third-order valence-electron chi connectivity index (χ3n) is 7.86. The lowest BCUT2D eigenvalue weighted by atomic mass is 9.70. The molecular weight excluding hydrogens is 470 g/mol. The number of hydroxylamine groups is 2. The minimum atomic E-state index is -3.75. The van der Waals surface area contributed by atoms with Crippen molar-refractivity contribution in [3.63, 3.8) is 0 Å². The van der Waals surface area contributed by atoms with E-state index in [0.717, 1.165) is 32.4 Å². The molecule has 4 atom stereocenters. The molecule has 2 heterocycles. The molecule has 196 valence electrons. The third kappa shape index (κ3) is 5.36. The van der Waals surface area contributed by atoms with Crippen molar-refractivity contribution in [2.45, 2.75) is 89.2 Å². The summed E-state index contributed by atoms with van der Waals surface area (Å²) in [4.78, 5) is 20.5. The Bertz CT molecular complexity index is 1030. The predicted octanol–water partition coefficient (Wildman–Crippen LogP) is 2.70. The Morgan fingerprint density at radius 2 is 1.83 bits per heavy atom. The van der Waals surface area contributed by atoms with Gasteiger partial charge in [0, 0.05) is 12.1 Å². The van der Waals surface area contributed by atoms with Gasteiger partial charge in [-0.1, -0.05) is 13.8 Å². The number of carboxylic acids is 1. The number of ether oxygens (including phenoxy) is 1. The Labute approximate surface area is 208 Å². The van der Waals surface area contributed by atoms with E-state index in [-0.39, 0.29) is 22.1 Å². The molecule has 4 rings (SSSR count). The highest BCUT2D eigenvalue weighted by molar-refractivity contribution is 7.91. The van der Waals surface area contributed by atoms with E-state index in [4.69, 9.17) is 9.57 Å². The first-order chi connectivity index (χ1) is 16.4. The van der Waals surface area contributed by atoms with E-state index >= 15 is 0 Å². The minimum absolute atomic E-state index is 0.100. The second-order valence-electron chi connectivity index (χ2n) is 10.9. The van der Waals surface area contributed by atoms with Crippen molar-refractivity contribution in [1.82, 2.24) is 15.3 Å². The van der Waals surface area contributed by atoms with Gasteiger partial charge in [-0.25, -0.2) is 13.2 Å². The van der Waals surface area contributed by atoms with Crippen molar-refractivity contribution in [2.75, 3.05) is 26.0 Å². The zero-order valence-corrected chi connectivity index (χ0v) is 22.2. The SMILES string of the molecule is COc1cc(C)c(S(=O)(=O)CC2NC(C(=O)O)ON2C2CCC(N3CCCC3)CC2(C)C)c(C)c1. The standard InChI is InChI=1S/C25H39N3O6S/c1-16-12-19(33-5)13-17(2)22(16)35(31,32)15-21-26-23(24(29)30)34-28(21)20-9-8-18(14-25(20,3)4)27-10-6-7-11-27/h12-13,18,20-21,23,26H,6-11,14-15H2,1-5H3,(H,29,30). The topological polar surface area (TPSA) is 108 Å². The maximum atomic E-state index is 13.6. The summed E-state index contributed by atoms with van der Waals surface area (Å²) in [5, 5.41) is 14.2. The zero-order chi connectivity index (χ0) is 25.5. The molecule has 0 spiro atoms. The van der Waals surface area contributed by atoms with Gasteiger partial charge >= 0.3 is 5.97 Å². The quantitative estimate of drug-likeness (QED) is 0.573. The van der Waals surface area contributed by atoms with Crippen molar-refractivity contribution in [2.24, 2.45) is 5.41 Å². The number of carbonyl (C=O) groups is 1. The fourth-order valence-electron chi connectivity index (χ4n) is 6.29. The van der Waals surface area contributed by atoms with Gasteiger partial charge in [-0.3, -0.25) is 10.2 Å². The van der Waals surface area contributed by atoms with E-state index < -0.39 is 28.2 Å². The highest BCUT2D eigenvalue weighted by atomic mass is 32.2. The van der Waals surface area contributed by atoms with E-state index in [1.807, 2.05) is 0 Å². The summed E-state index contributed by atoms with van der Waals surface area (Å²) in [6.07, 6.45) is 3.20. The monoisotopic (exact) mass is 509 g/mol. The molecule has 4 unspecified atom stereocenters. The molecule has 2 saturated heterocycles. The average Bonchev–Trinajstić information content (AvgIpc) is 3.42.